The van der Waals surface area contributed by atoms with Crippen molar-refractivity contribution in [3.05, 3.63) is 23.7 Å². The van der Waals surface area contributed by atoms with Crippen LogP contribution in [0.3, 0.4) is 0 Å². The highest BCUT2D eigenvalue weighted by atomic mass is 16.5. The van der Waals surface area contributed by atoms with Gasteiger partial charge in [0.1, 0.15) is 0 Å². The minimum Gasteiger partial charge on any atom is -0.463 e. The van der Waals surface area contributed by atoms with E-state index in [2.05, 4.69) is 18.7 Å². The second-order valence-electron chi connectivity index (χ2n) is 5.97. The Morgan fingerprint density at radius 3 is 2.76 bits per heavy atom. The largest absolute Gasteiger partial charge is 0.463 e. The SMILES string of the molecule is COC(=O)c1occc1CN1CCC(OCC(C)C)CC1. The van der Waals surface area contributed by atoms with Crippen molar-refractivity contribution in [1.29, 1.82) is 0 Å². The van der Waals surface area contributed by atoms with Gasteiger partial charge in [0.05, 0.1) is 19.5 Å². The summed E-state index contributed by atoms with van der Waals surface area (Å²) in [4.78, 5) is 13.9. The zero-order valence-corrected chi connectivity index (χ0v) is 13.1. The van der Waals surface area contributed by atoms with Gasteiger partial charge in [0, 0.05) is 31.8 Å². The number of hydrogen-bond donors (Lipinski definition) is 0. The number of carbonyl (C=O) groups excluding carboxylic acids is 1. The minimum absolute atomic E-state index is 0.315. The summed E-state index contributed by atoms with van der Waals surface area (Å²) in [5.74, 6) is 0.484. The zero-order chi connectivity index (χ0) is 15.2. The first kappa shape index (κ1) is 16.0. The van der Waals surface area contributed by atoms with E-state index in [9.17, 15) is 4.79 Å². The van der Waals surface area contributed by atoms with Crippen molar-refractivity contribution >= 4 is 5.97 Å². The van der Waals surface area contributed by atoms with E-state index >= 15 is 0 Å². The summed E-state index contributed by atoms with van der Waals surface area (Å²) in [5.41, 5.74) is 0.892. The lowest BCUT2D eigenvalue weighted by Crippen LogP contribution is -2.37. The molecule has 0 radical (unpaired) electrons. The number of nitrogens with zero attached hydrogens (tertiary/aromatic N) is 1. The average Bonchev–Trinajstić information content (AvgIpc) is 2.94. The van der Waals surface area contributed by atoms with Crippen molar-refractivity contribution in [3.63, 3.8) is 0 Å². The van der Waals surface area contributed by atoms with Gasteiger partial charge in [-0.25, -0.2) is 4.79 Å². The van der Waals surface area contributed by atoms with Gasteiger partial charge in [-0.1, -0.05) is 13.8 Å². The maximum absolute atomic E-state index is 11.6. The van der Waals surface area contributed by atoms with Gasteiger partial charge in [-0.15, -0.1) is 0 Å². The van der Waals surface area contributed by atoms with Crippen LogP contribution in [0.1, 0.15) is 42.8 Å². The number of hydrogen-bond acceptors (Lipinski definition) is 5. The Labute approximate surface area is 126 Å². The lowest BCUT2D eigenvalue weighted by Gasteiger charge is -2.32. The van der Waals surface area contributed by atoms with Crippen molar-refractivity contribution in [2.24, 2.45) is 5.92 Å². The third-order valence-electron chi connectivity index (χ3n) is 3.71. The van der Waals surface area contributed by atoms with Gasteiger partial charge in [-0.2, -0.15) is 0 Å². The summed E-state index contributed by atoms with van der Waals surface area (Å²) in [6, 6.07) is 1.84. The maximum atomic E-state index is 11.6. The smallest absolute Gasteiger partial charge is 0.374 e. The second-order valence-corrected chi connectivity index (χ2v) is 5.97. The number of likely N-dealkylation sites (tertiary alicyclic amines) is 1. The molecule has 0 bridgehead atoms. The summed E-state index contributed by atoms with van der Waals surface area (Å²) < 4.78 is 15.8. The molecule has 0 saturated carbocycles. The number of methoxy groups -OCH3 is 1. The highest BCUT2D eigenvalue weighted by Gasteiger charge is 2.23. The minimum atomic E-state index is -0.412. The molecule has 0 N–H and O–H groups in total. The quantitative estimate of drug-likeness (QED) is 0.755. The van der Waals surface area contributed by atoms with Crippen LogP contribution in [0.2, 0.25) is 0 Å². The summed E-state index contributed by atoms with van der Waals surface area (Å²) in [6.07, 6.45) is 3.99. The first-order chi connectivity index (χ1) is 10.1. The van der Waals surface area contributed by atoms with Crippen LogP contribution in [0.5, 0.6) is 0 Å². The molecular weight excluding hydrogens is 270 g/mol. The number of carbonyl (C=O) groups is 1. The molecule has 1 aromatic rings. The van der Waals surface area contributed by atoms with E-state index in [1.807, 2.05) is 6.07 Å². The molecule has 1 aromatic heterocycles. The molecule has 0 aliphatic carbocycles. The lowest BCUT2D eigenvalue weighted by molar-refractivity contribution is -0.00597. The molecule has 118 valence electrons. The topological polar surface area (TPSA) is 51.9 Å². The first-order valence-corrected chi connectivity index (χ1v) is 7.58. The molecule has 0 aromatic carbocycles. The molecule has 0 amide bonds. The molecule has 5 nitrogen and oxygen atoms in total. The second kappa shape index (κ2) is 7.61. The Morgan fingerprint density at radius 1 is 1.43 bits per heavy atom. The highest BCUT2D eigenvalue weighted by Crippen LogP contribution is 2.19. The van der Waals surface area contributed by atoms with Crippen molar-refractivity contribution in [3.8, 4) is 0 Å². The molecular formula is C16H25NO4. The molecule has 0 atom stereocenters. The number of esters is 1. The van der Waals surface area contributed by atoms with Crippen LogP contribution in [0, 0.1) is 5.92 Å². The summed E-state index contributed by atoms with van der Waals surface area (Å²) in [7, 11) is 1.37. The summed E-state index contributed by atoms with van der Waals surface area (Å²) >= 11 is 0. The standard InChI is InChI=1S/C16H25NO4/c1-12(2)11-21-14-4-7-17(8-5-14)10-13-6-9-20-15(13)16(18)19-3/h6,9,12,14H,4-5,7-8,10-11H2,1-3H3. The Bertz CT molecular complexity index is 447. The molecule has 2 rings (SSSR count). The number of ether oxygens (including phenoxy) is 2. The Balaban J connectivity index is 1.81. The molecule has 21 heavy (non-hydrogen) atoms. The number of furan rings is 1. The Morgan fingerprint density at radius 2 is 2.14 bits per heavy atom. The Hall–Kier alpha value is -1.33. The number of rotatable bonds is 6. The van der Waals surface area contributed by atoms with Gasteiger partial charge in [0.2, 0.25) is 5.76 Å². The van der Waals surface area contributed by atoms with Gasteiger partial charge >= 0.3 is 5.97 Å². The molecule has 1 aliphatic rings. The molecule has 1 fully saturated rings. The van der Waals surface area contributed by atoms with Crippen molar-refractivity contribution in [2.75, 3.05) is 26.8 Å². The van der Waals surface area contributed by atoms with Crippen molar-refractivity contribution < 1.29 is 18.7 Å². The van der Waals surface area contributed by atoms with Gasteiger partial charge in [0.25, 0.3) is 0 Å². The predicted octanol–water partition coefficient (Wildman–Crippen LogP) is 2.70. The molecule has 0 spiro atoms. The van der Waals surface area contributed by atoms with Crippen LogP contribution >= 0.6 is 0 Å². The van der Waals surface area contributed by atoms with Crippen LogP contribution in [0.4, 0.5) is 0 Å². The van der Waals surface area contributed by atoms with E-state index in [1.165, 1.54) is 7.11 Å². The normalized spacial score (nSPS) is 17.3. The monoisotopic (exact) mass is 295 g/mol. The maximum Gasteiger partial charge on any atom is 0.374 e. The molecule has 5 heteroatoms. The van der Waals surface area contributed by atoms with Gasteiger partial charge in [0.15, 0.2) is 0 Å². The molecule has 1 aliphatic heterocycles. The van der Waals surface area contributed by atoms with E-state index < -0.39 is 5.97 Å². The van der Waals surface area contributed by atoms with E-state index in [1.54, 1.807) is 6.26 Å². The summed E-state index contributed by atoms with van der Waals surface area (Å²) in [6.45, 7) is 7.85. The zero-order valence-electron chi connectivity index (χ0n) is 13.1. The van der Waals surface area contributed by atoms with Gasteiger partial charge < -0.3 is 13.9 Å². The first-order valence-electron chi connectivity index (χ1n) is 7.58. The summed E-state index contributed by atoms with van der Waals surface area (Å²) in [5, 5.41) is 0. The lowest BCUT2D eigenvalue weighted by atomic mass is 10.1. The molecule has 2 heterocycles. The van der Waals surface area contributed by atoms with E-state index in [4.69, 9.17) is 13.9 Å². The van der Waals surface area contributed by atoms with Gasteiger partial charge in [-0.05, 0) is 24.8 Å². The third kappa shape index (κ3) is 4.58. The number of piperidine rings is 1. The van der Waals surface area contributed by atoms with Crippen LogP contribution in [-0.4, -0.2) is 43.8 Å². The van der Waals surface area contributed by atoms with Gasteiger partial charge in [-0.3, -0.25) is 4.90 Å². The van der Waals surface area contributed by atoms with Crippen LogP contribution < -0.4 is 0 Å². The molecule has 1 saturated heterocycles. The fourth-order valence-electron chi connectivity index (χ4n) is 2.54. The van der Waals surface area contributed by atoms with E-state index in [0.29, 0.717) is 17.8 Å². The van der Waals surface area contributed by atoms with E-state index in [-0.39, 0.29) is 0 Å². The Kier molecular flexibility index (Phi) is 5.82. The molecule has 0 unspecified atom stereocenters. The van der Waals surface area contributed by atoms with Crippen LogP contribution in [0.15, 0.2) is 16.7 Å². The van der Waals surface area contributed by atoms with E-state index in [0.717, 1.165) is 44.6 Å². The van der Waals surface area contributed by atoms with Crippen molar-refractivity contribution in [2.45, 2.75) is 39.3 Å². The highest BCUT2D eigenvalue weighted by molar-refractivity contribution is 5.87. The fraction of sp³-hybridized carbons (Fsp3) is 0.688. The fourth-order valence-corrected chi connectivity index (χ4v) is 2.54. The predicted molar refractivity (Wildman–Crippen MR) is 79.1 cm³/mol. The van der Waals surface area contributed by atoms with Crippen LogP contribution in [0.25, 0.3) is 0 Å². The third-order valence-corrected chi connectivity index (χ3v) is 3.71. The van der Waals surface area contributed by atoms with Crippen molar-refractivity contribution in [1.82, 2.24) is 4.90 Å². The average molecular weight is 295 g/mol. The van der Waals surface area contributed by atoms with Crippen LogP contribution in [-0.2, 0) is 16.0 Å².